The fourth-order valence-electron chi connectivity index (χ4n) is 3.43. The number of amides is 3. The lowest BCUT2D eigenvalue weighted by molar-refractivity contribution is -0.132. The van der Waals surface area contributed by atoms with Crippen LogP contribution in [0.3, 0.4) is 0 Å². The minimum atomic E-state index is -3.65. The number of nitrogens with zero attached hydrogens (tertiary/aromatic N) is 2. The number of sulfonamides is 1. The van der Waals surface area contributed by atoms with Gasteiger partial charge in [0.05, 0.1) is 11.5 Å². The summed E-state index contributed by atoms with van der Waals surface area (Å²) in [6, 6.07) is 5.89. The number of piperidine rings is 1. The van der Waals surface area contributed by atoms with E-state index in [1.165, 1.54) is 21.3 Å². The Morgan fingerprint density at radius 1 is 1.12 bits per heavy atom. The van der Waals surface area contributed by atoms with Crippen LogP contribution in [0.25, 0.3) is 0 Å². The molecule has 1 aromatic carbocycles. The summed E-state index contributed by atoms with van der Waals surface area (Å²) < 4.78 is 32.4. The van der Waals surface area contributed by atoms with Crippen LogP contribution in [0.2, 0.25) is 0 Å². The van der Waals surface area contributed by atoms with E-state index in [9.17, 15) is 18.0 Å². The van der Waals surface area contributed by atoms with Crippen LogP contribution in [-0.4, -0.2) is 61.3 Å². The molecule has 0 saturated carbocycles. The van der Waals surface area contributed by atoms with Gasteiger partial charge in [0.25, 0.3) is 5.91 Å². The maximum Gasteiger partial charge on any atom is 0.325 e. The molecule has 142 valence electrons. The molecule has 0 aliphatic carbocycles. The van der Waals surface area contributed by atoms with Crippen molar-refractivity contribution in [2.45, 2.75) is 37.1 Å². The van der Waals surface area contributed by atoms with Gasteiger partial charge >= 0.3 is 6.03 Å². The van der Waals surface area contributed by atoms with Crippen molar-refractivity contribution in [2.75, 3.05) is 26.2 Å². The Hall–Kier alpha value is -2.13. The number of hydrogen-bond donors (Lipinski definition) is 1. The highest BCUT2D eigenvalue weighted by molar-refractivity contribution is 7.89. The van der Waals surface area contributed by atoms with Crippen molar-refractivity contribution in [2.24, 2.45) is 0 Å². The molecule has 1 aromatic rings. The van der Waals surface area contributed by atoms with Gasteiger partial charge in [-0.05, 0) is 51.0 Å². The first-order chi connectivity index (χ1) is 12.3. The molecule has 1 spiro atoms. The molecule has 2 saturated heterocycles. The van der Waals surface area contributed by atoms with Crippen LogP contribution in [0.4, 0.5) is 4.79 Å². The molecule has 1 N–H and O–H groups in total. The lowest BCUT2D eigenvalue weighted by Gasteiger charge is -2.36. The molecule has 0 bridgehead atoms. The van der Waals surface area contributed by atoms with Gasteiger partial charge in [-0.3, -0.25) is 9.69 Å². The van der Waals surface area contributed by atoms with Crippen molar-refractivity contribution >= 4 is 22.0 Å². The molecule has 8 nitrogen and oxygen atoms in total. The van der Waals surface area contributed by atoms with Crippen molar-refractivity contribution in [3.63, 3.8) is 0 Å². The molecule has 26 heavy (non-hydrogen) atoms. The molecule has 2 heterocycles. The van der Waals surface area contributed by atoms with Crippen molar-refractivity contribution < 1.29 is 22.7 Å². The third-order valence-corrected chi connectivity index (χ3v) is 6.82. The summed E-state index contributed by atoms with van der Waals surface area (Å²) in [5.41, 5.74) is -0.974. The Morgan fingerprint density at radius 2 is 1.73 bits per heavy atom. The SMILES string of the molecule is CCOc1ccc(S(=O)(=O)N2CCC3(CC2)NC(=O)N(CC)C3=O)cc1. The number of likely N-dealkylation sites (N-methyl/N-ethyl adjacent to an activating group) is 1. The maximum absolute atomic E-state index is 12.8. The molecule has 2 aliphatic rings. The molecule has 3 amide bonds. The number of urea groups is 1. The second-order valence-corrected chi connectivity index (χ2v) is 8.31. The standard InChI is InChI=1S/C17H23N3O5S/c1-3-20-15(21)17(18-16(20)22)9-11-19(12-10-17)26(23,24)14-7-5-13(6-8-14)25-4-2/h5-8H,3-4,9-12H2,1-2H3,(H,18,22). The topological polar surface area (TPSA) is 96.0 Å². The lowest BCUT2D eigenvalue weighted by atomic mass is 9.88. The molecule has 0 unspecified atom stereocenters. The van der Waals surface area contributed by atoms with Gasteiger partial charge in [-0.25, -0.2) is 13.2 Å². The number of rotatable bonds is 5. The summed E-state index contributed by atoms with van der Waals surface area (Å²) in [5, 5.41) is 2.75. The van der Waals surface area contributed by atoms with E-state index in [1.54, 1.807) is 19.1 Å². The number of hydrogen-bond acceptors (Lipinski definition) is 5. The number of benzene rings is 1. The van der Waals surface area contributed by atoms with E-state index >= 15 is 0 Å². The first-order valence-corrected chi connectivity index (χ1v) is 10.1. The first-order valence-electron chi connectivity index (χ1n) is 8.71. The summed E-state index contributed by atoms with van der Waals surface area (Å²) in [6.45, 7) is 4.77. The van der Waals surface area contributed by atoms with Gasteiger partial charge in [-0.15, -0.1) is 0 Å². The predicted octanol–water partition coefficient (Wildman–Crippen LogP) is 1.18. The van der Waals surface area contributed by atoms with Crippen molar-refractivity contribution in [1.82, 2.24) is 14.5 Å². The number of ether oxygens (including phenoxy) is 1. The van der Waals surface area contributed by atoms with Gasteiger partial charge in [-0.1, -0.05) is 0 Å². The van der Waals surface area contributed by atoms with Crippen LogP contribution >= 0.6 is 0 Å². The summed E-state index contributed by atoms with van der Waals surface area (Å²) in [4.78, 5) is 25.8. The molecule has 0 radical (unpaired) electrons. The van der Waals surface area contributed by atoms with Crippen molar-refractivity contribution in [3.8, 4) is 5.75 Å². The minimum Gasteiger partial charge on any atom is -0.494 e. The lowest BCUT2D eigenvalue weighted by Crippen LogP contribution is -2.55. The number of nitrogens with one attached hydrogen (secondary N) is 1. The highest BCUT2D eigenvalue weighted by atomic mass is 32.2. The average molecular weight is 381 g/mol. The molecular formula is C17H23N3O5S. The van der Waals surface area contributed by atoms with Gasteiger partial charge in [-0.2, -0.15) is 4.31 Å². The van der Waals surface area contributed by atoms with Crippen LogP contribution in [-0.2, 0) is 14.8 Å². The van der Waals surface area contributed by atoms with E-state index in [4.69, 9.17) is 4.74 Å². The van der Waals surface area contributed by atoms with Gasteiger partial charge in [0.1, 0.15) is 11.3 Å². The van der Waals surface area contributed by atoms with Gasteiger partial charge < -0.3 is 10.1 Å². The zero-order valence-corrected chi connectivity index (χ0v) is 15.7. The van der Waals surface area contributed by atoms with E-state index in [-0.39, 0.29) is 36.7 Å². The van der Waals surface area contributed by atoms with Crippen molar-refractivity contribution in [3.05, 3.63) is 24.3 Å². The van der Waals surface area contributed by atoms with Gasteiger partial charge in [0.15, 0.2) is 0 Å². The Labute approximate surface area is 153 Å². The van der Waals surface area contributed by atoms with Crippen LogP contribution in [0.1, 0.15) is 26.7 Å². The van der Waals surface area contributed by atoms with E-state index in [0.717, 1.165) is 0 Å². The fourth-order valence-corrected chi connectivity index (χ4v) is 4.88. The van der Waals surface area contributed by atoms with Crippen LogP contribution in [0.5, 0.6) is 5.75 Å². The minimum absolute atomic E-state index is 0.180. The Morgan fingerprint density at radius 3 is 2.23 bits per heavy atom. The van der Waals surface area contributed by atoms with E-state index < -0.39 is 21.6 Å². The summed E-state index contributed by atoms with van der Waals surface area (Å²) in [6.07, 6.45) is 0.536. The maximum atomic E-state index is 12.8. The number of imide groups is 1. The monoisotopic (exact) mass is 381 g/mol. The second-order valence-electron chi connectivity index (χ2n) is 6.37. The molecule has 2 fully saturated rings. The Balaban J connectivity index is 1.73. The fraction of sp³-hybridized carbons (Fsp3) is 0.529. The highest BCUT2D eigenvalue weighted by Crippen LogP contribution is 2.32. The summed E-state index contributed by atoms with van der Waals surface area (Å²) >= 11 is 0. The van der Waals surface area contributed by atoms with Gasteiger partial charge in [0, 0.05) is 19.6 Å². The zero-order chi connectivity index (χ0) is 18.9. The number of carbonyl (C=O) groups is 2. The third kappa shape index (κ3) is 3.05. The second kappa shape index (κ2) is 6.88. The van der Waals surface area contributed by atoms with Crippen LogP contribution in [0.15, 0.2) is 29.2 Å². The van der Waals surface area contributed by atoms with E-state index in [1.807, 2.05) is 6.92 Å². The molecule has 9 heteroatoms. The van der Waals surface area contributed by atoms with E-state index in [0.29, 0.717) is 18.9 Å². The molecule has 2 aliphatic heterocycles. The molecular weight excluding hydrogens is 358 g/mol. The largest absolute Gasteiger partial charge is 0.494 e. The molecule has 0 aromatic heterocycles. The molecule has 0 atom stereocenters. The predicted molar refractivity (Wildman–Crippen MR) is 94.3 cm³/mol. The smallest absolute Gasteiger partial charge is 0.325 e. The van der Waals surface area contributed by atoms with Crippen LogP contribution in [0, 0.1) is 0 Å². The van der Waals surface area contributed by atoms with Gasteiger partial charge in [0.2, 0.25) is 10.0 Å². The van der Waals surface area contributed by atoms with Crippen LogP contribution < -0.4 is 10.1 Å². The Kier molecular flexibility index (Phi) is 4.94. The normalized spacial score (nSPS) is 20.5. The summed E-state index contributed by atoms with van der Waals surface area (Å²) in [7, 11) is -3.65. The quantitative estimate of drug-likeness (QED) is 0.773. The molecule has 3 rings (SSSR count). The van der Waals surface area contributed by atoms with E-state index in [2.05, 4.69) is 5.32 Å². The average Bonchev–Trinajstić information content (AvgIpc) is 2.85. The first kappa shape index (κ1) is 18.7. The number of carbonyl (C=O) groups excluding carboxylic acids is 2. The zero-order valence-electron chi connectivity index (χ0n) is 14.9. The third-order valence-electron chi connectivity index (χ3n) is 4.91. The summed E-state index contributed by atoms with van der Waals surface area (Å²) in [5.74, 6) is 0.353. The van der Waals surface area contributed by atoms with Crippen molar-refractivity contribution in [1.29, 1.82) is 0 Å². The Bertz CT molecular complexity index is 798. The highest BCUT2D eigenvalue weighted by Gasteiger charge is 2.52.